The zero-order valence-electron chi connectivity index (χ0n) is 15.1. The molecular weight excluding hydrogens is 332 g/mol. The fourth-order valence-electron chi connectivity index (χ4n) is 3.70. The molecule has 4 heterocycles. The van der Waals surface area contributed by atoms with Gasteiger partial charge in [0.1, 0.15) is 18.5 Å². The summed E-state index contributed by atoms with van der Waals surface area (Å²) < 4.78 is 7.65. The lowest BCUT2D eigenvalue weighted by atomic mass is 10.0. The van der Waals surface area contributed by atoms with Crippen molar-refractivity contribution in [2.45, 2.75) is 38.5 Å². The summed E-state index contributed by atoms with van der Waals surface area (Å²) in [4.78, 5) is 19.4. The average Bonchev–Trinajstić information content (AvgIpc) is 3.30. The van der Waals surface area contributed by atoms with E-state index >= 15 is 0 Å². The SMILES string of the molecule is CC(C)[C@@H]1CN2C[C@@H](NC(=O)c3ccnc(-n4cnnc4)c3)C[C@H]2CO1. The van der Waals surface area contributed by atoms with E-state index in [9.17, 15) is 4.79 Å². The second-order valence-corrected chi connectivity index (χ2v) is 7.40. The average molecular weight is 356 g/mol. The zero-order valence-corrected chi connectivity index (χ0v) is 15.1. The van der Waals surface area contributed by atoms with Gasteiger partial charge in [-0.15, -0.1) is 10.2 Å². The van der Waals surface area contributed by atoms with Crippen LogP contribution in [0.1, 0.15) is 30.6 Å². The van der Waals surface area contributed by atoms with Crippen molar-refractivity contribution in [3.8, 4) is 5.82 Å². The molecule has 138 valence electrons. The summed E-state index contributed by atoms with van der Waals surface area (Å²) in [5, 5.41) is 10.7. The molecule has 8 heteroatoms. The second-order valence-electron chi connectivity index (χ2n) is 7.40. The van der Waals surface area contributed by atoms with Gasteiger partial charge in [-0.1, -0.05) is 13.8 Å². The van der Waals surface area contributed by atoms with Crippen molar-refractivity contribution >= 4 is 5.91 Å². The minimum absolute atomic E-state index is 0.0760. The highest BCUT2D eigenvalue weighted by atomic mass is 16.5. The summed E-state index contributed by atoms with van der Waals surface area (Å²) >= 11 is 0. The Balaban J connectivity index is 1.39. The van der Waals surface area contributed by atoms with Gasteiger partial charge in [0, 0.05) is 36.9 Å². The number of amides is 1. The lowest BCUT2D eigenvalue weighted by Crippen LogP contribution is -2.48. The van der Waals surface area contributed by atoms with Crippen LogP contribution in [0.2, 0.25) is 0 Å². The molecule has 1 amide bonds. The first-order valence-electron chi connectivity index (χ1n) is 9.07. The Morgan fingerprint density at radius 3 is 2.88 bits per heavy atom. The highest BCUT2D eigenvalue weighted by Crippen LogP contribution is 2.26. The molecule has 0 spiro atoms. The first kappa shape index (κ1) is 17.1. The molecule has 0 aliphatic carbocycles. The van der Waals surface area contributed by atoms with E-state index in [4.69, 9.17) is 4.74 Å². The molecule has 1 N–H and O–H groups in total. The predicted molar refractivity (Wildman–Crippen MR) is 95.0 cm³/mol. The van der Waals surface area contributed by atoms with Crippen LogP contribution in [0.3, 0.4) is 0 Å². The first-order chi connectivity index (χ1) is 12.6. The van der Waals surface area contributed by atoms with Gasteiger partial charge >= 0.3 is 0 Å². The third kappa shape index (κ3) is 3.47. The standard InChI is InChI=1S/C18H24N6O2/c1-12(2)16-8-23-7-14(6-15(23)9-26-16)22-18(25)13-3-4-19-17(5-13)24-10-20-21-11-24/h3-5,10-12,14-16H,6-9H2,1-2H3,(H,22,25)/t14-,15-,16-/m0/s1. The van der Waals surface area contributed by atoms with Gasteiger partial charge in [-0.3, -0.25) is 14.3 Å². The molecule has 3 atom stereocenters. The number of aromatic nitrogens is 4. The third-order valence-electron chi connectivity index (χ3n) is 5.21. The minimum Gasteiger partial charge on any atom is -0.375 e. The largest absolute Gasteiger partial charge is 0.375 e. The maximum absolute atomic E-state index is 12.7. The summed E-state index contributed by atoms with van der Waals surface area (Å²) in [5.41, 5.74) is 0.588. The van der Waals surface area contributed by atoms with Crippen molar-refractivity contribution in [2.24, 2.45) is 5.92 Å². The Labute approximate surface area is 152 Å². The van der Waals surface area contributed by atoms with Crippen molar-refractivity contribution < 1.29 is 9.53 Å². The van der Waals surface area contributed by atoms with Crippen LogP contribution in [-0.4, -0.2) is 68.4 Å². The molecule has 4 rings (SSSR count). The molecule has 0 radical (unpaired) electrons. The van der Waals surface area contributed by atoms with E-state index in [0.717, 1.165) is 26.1 Å². The van der Waals surface area contributed by atoms with Crippen LogP contribution in [0.25, 0.3) is 5.82 Å². The summed E-state index contributed by atoms with van der Waals surface area (Å²) in [6.07, 6.45) is 5.96. The molecule has 0 bridgehead atoms. The number of fused-ring (bicyclic) bond motifs is 1. The molecule has 2 aromatic heterocycles. The van der Waals surface area contributed by atoms with Crippen molar-refractivity contribution in [3.63, 3.8) is 0 Å². The molecule has 0 unspecified atom stereocenters. The maximum atomic E-state index is 12.7. The Bertz CT molecular complexity index is 763. The van der Waals surface area contributed by atoms with Crippen LogP contribution < -0.4 is 5.32 Å². The normalized spacial score (nSPS) is 26.0. The quantitative estimate of drug-likeness (QED) is 0.876. The smallest absolute Gasteiger partial charge is 0.251 e. The van der Waals surface area contributed by atoms with Crippen molar-refractivity contribution in [1.82, 2.24) is 30.0 Å². The lowest BCUT2D eigenvalue weighted by Gasteiger charge is -2.36. The van der Waals surface area contributed by atoms with Crippen LogP contribution in [0, 0.1) is 5.92 Å². The Morgan fingerprint density at radius 1 is 1.31 bits per heavy atom. The van der Waals surface area contributed by atoms with Crippen LogP contribution in [0.15, 0.2) is 31.0 Å². The van der Waals surface area contributed by atoms with Crippen LogP contribution in [-0.2, 0) is 4.74 Å². The molecule has 2 saturated heterocycles. The Hall–Kier alpha value is -2.32. The number of carbonyl (C=O) groups excluding carboxylic acids is 1. The van der Waals surface area contributed by atoms with E-state index in [-0.39, 0.29) is 18.1 Å². The van der Waals surface area contributed by atoms with Gasteiger partial charge in [0.25, 0.3) is 5.91 Å². The van der Waals surface area contributed by atoms with Crippen molar-refractivity contribution in [3.05, 3.63) is 36.5 Å². The topological polar surface area (TPSA) is 85.2 Å². The fourth-order valence-corrected chi connectivity index (χ4v) is 3.70. The summed E-state index contributed by atoms with van der Waals surface area (Å²) in [6, 6.07) is 4.02. The van der Waals surface area contributed by atoms with E-state index in [1.807, 2.05) is 0 Å². The van der Waals surface area contributed by atoms with Crippen LogP contribution >= 0.6 is 0 Å². The molecule has 0 saturated carbocycles. The van der Waals surface area contributed by atoms with E-state index in [0.29, 0.717) is 23.3 Å². The van der Waals surface area contributed by atoms with Gasteiger partial charge in [0.05, 0.1) is 12.7 Å². The fraction of sp³-hybridized carbons (Fsp3) is 0.556. The minimum atomic E-state index is -0.0760. The van der Waals surface area contributed by atoms with Gasteiger partial charge in [-0.25, -0.2) is 4.98 Å². The number of pyridine rings is 1. The molecule has 26 heavy (non-hydrogen) atoms. The van der Waals surface area contributed by atoms with Crippen molar-refractivity contribution in [2.75, 3.05) is 19.7 Å². The third-order valence-corrected chi connectivity index (χ3v) is 5.21. The molecule has 2 aliphatic rings. The van der Waals surface area contributed by atoms with Gasteiger partial charge < -0.3 is 10.1 Å². The molecular formula is C18H24N6O2. The summed E-state index contributed by atoms with van der Waals surface area (Å²) in [7, 11) is 0. The monoisotopic (exact) mass is 356 g/mol. The highest BCUT2D eigenvalue weighted by Gasteiger charge is 2.38. The van der Waals surface area contributed by atoms with Gasteiger partial charge in [0.15, 0.2) is 0 Å². The summed E-state index contributed by atoms with van der Waals surface area (Å²) in [5.74, 6) is 1.06. The number of rotatable bonds is 4. The highest BCUT2D eigenvalue weighted by molar-refractivity contribution is 5.94. The van der Waals surface area contributed by atoms with Crippen LogP contribution in [0.4, 0.5) is 0 Å². The van der Waals surface area contributed by atoms with Gasteiger partial charge in [0.2, 0.25) is 0 Å². The second kappa shape index (κ2) is 7.13. The molecule has 0 aromatic carbocycles. The molecule has 2 aliphatic heterocycles. The maximum Gasteiger partial charge on any atom is 0.251 e. The number of nitrogens with one attached hydrogen (secondary N) is 1. The number of morpholine rings is 1. The van der Waals surface area contributed by atoms with Gasteiger partial charge in [-0.05, 0) is 24.5 Å². The molecule has 2 fully saturated rings. The zero-order chi connectivity index (χ0) is 18.1. The number of ether oxygens (including phenoxy) is 1. The first-order valence-corrected chi connectivity index (χ1v) is 9.07. The van der Waals surface area contributed by atoms with E-state index in [1.54, 1.807) is 35.6 Å². The molecule has 8 nitrogen and oxygen atoms in total. The number of nitrogens with zero attached hydrogens (tertiary/aromatic N) is 5. The number of carbonyl (C=O) groups is 1. The van der Waals surface area contributed by atoms with Gasteiger partial charge in [-0.2, -0.15) is 0 Å². The van der Waals surface area contributed by atoms with E-state index < -0.39 is 0 Å². The summed E-state index contributed by atoms with van der Waals surface area (Å²) in [6.45, 7) is 6.96. The van der Waals surface area contributed by atoms with Crippen molar-refractivity contribution in [1.29, 1.82) is 0 Å². The predicted octanol–water partition coefficient (Wildman–Crippen LogP) is 0.890. The van der Waals surface area contributed by atoms with E-state index in [1.165, 1.54) is 0 Å². The molecule has 2 aromatic rings. The number of hydrogen-bond acceptors (Lipinski definition) is 6. The van der Waals surface area contributed by atoms with Crippen LogP contribution in [0.5, 0.6) is 0 Å². The lowest BCUT2D eigenvalue weighted by molar-refractivity contribution is -0.0683. The van der Waals surface area contributed by atoms with E-state index in [2.05, 4.69) is 39.2 Å². The Morgan fingerprint density at radius 2 is 2.12 bits per heavy atom. The number of hydrogen-bond donors (Lipinski definition) is 1. The Kier molecular flexibility index (Phi) is 4.69.